The van der Waals surface area contributed by atoms with Crippen LogP contribution in [0.5, 0.6) is 0 Å². The topological polar surface area (TPSA) is 302 Å². The maximum atomic E-state index is 15.2. The van der Waals surface area contributed by atoms with Crippen LogP contribution in [0.4, 0.5) is 0 Å². The third-order valence-electron chi connectivity index (χ3n) is 13.2. The van der Waals surface area contributed by atoms with Gasteiger partial charge in [0.15, 0.2) is 0 Å². The summed E-state index contributed by atoms with van der Waals surface area (Å²) in [6, 6.07) is 1.79. The van der Waals surface area contributed by atoms with E-state index in [-0.39, 0.29) is 17.1 Å². The fourth-order valence-corrected chi connectivity index (χ4v) is 11.4. The van der Waals surface area contributed by atoms with Crippen molar-refractivity contribution in [3.05, 3.63) is 72.3 Å². The molecule has 2 aromatic carbocycles. The van der Waals surface area contributed by atoms with Crippen LogP contribution in [0, 0.1) is 11.8 Å². The molecule has 4 N–H and O–H groups in total. The minimum absolute atomic E-state index is 0.182. The number of hydrogen-bond donors (Lipinski definition) is 4. The number of nitrogens with zero attached hydrogens (tertiary/aromatic N) is 8. The number of para-hydroxylation sites is 4. The summed E-state index contributed by atoms with van der Waals surface area (Å²) >= 11 is 2.16. The van der Waals surface area contributed by atoms with E-state index in [1.807, 2.05) is 0 Å². The van der Waals surface area contributed by atoms with Crippen molar-refractivity contribution in [3.8, 4) is 0 Å². The second-order valence-corrected chi connectivity index (χ2v) is 21.8. The highest BCUT2D eigenvalue weighted by atomic mass is 32.2. The zero-order valence-corrected chi connectivity index (χ0v) is 46.2. The fourth-order valence-electron chi connectivity index (χ4n) is 8.88. The molecule has 0 aliphatic carbocycles. The molecule has 77 heavy (non-hydrogen) atoms. The van der Waals surface area contributed by atoms with Gasteiger partial charge in [-0.3, -0.25) is 48.3 Å². The lowest BCUT2D eigenvalue weighted by molar-refractivity contribution is -0.160. The molecule has 6 rings (SSSR count). The maximum Gasteiger partial charge on any atom is 0.329 e. The Kier molecular flexibility index (Phi) is 19.5. The molecule has 0 radical (unpaired) electrons. The van der Waals surface area contributed by atoms with Crippen molar-refractivity contribution in [1.82, 2.24) is 60.8 Å². The van der Waals surface area contributed by atoms with Gasteiger partial charge in [-0.1, -0.05) is 52.0 Å². The maximum absolute atomic E-state index is 15.2. The molecular formula is C51H64N12O12S2. The summed E-state index contributed by atoms with van der Waals surface area (Å²) in [5.41, 5.74) is 1.38. The molecule has 2 aliphatic rings. The first-order chi connectivity index (χ1) is 36.4. The van der Waals surface area contributed by atoms with Crippen molar-refractivity contribution in [1.29, 1.82) is 0 Å². The number of fused-ring (bicyclic) bond motifs is 6. The summed E-state index contributed by atoms with van der Waals surface area (Å²) in [5, 5.41) is 10.2. The van der Waals surface area contributed by atoms with Gasteiger partial charge < -0.3 is 50.3 Å². The van der Waals surface area contributed by atoms with Gasteiger partial charge in [0.25, 0.3) is 11.8 Å². The van der Waals surface area contributed by atoms with Crippen molar-refractivity contribution < 1.29 is 57.4 Å². The lowest BCUT2D eigenvalue weighted by atomic mass is 10.0. The number of cyclic esters (lactones) is 2. The standard InChI is InChI=1S/C51H64N12O12S2/c1-25(2)38-49(72)74-22-36(59-42(65)34-21-53-30-17-13-15-19-32(30)57-34)44(67)55-28(6)46(69)63(10)40-48(71)62(9)39(26(3)4)50(73)75-23-35(58-41(64)33-20-52-29-16-12-14-18-31(29)56-33)43(66)54-27(5)45(68)60(7)37(47(70)61(38)8)24-77-51(40)76-11/h12-21,25-28,35-40,51H,22-24H2,1-11H3,(H,54,66)(H,55,67)(H,58,64)(H,59,65)/t27-,28-,35+,36+,37-,38-,39-,40-,51?/m0/s1. The summed E-state index contributed by atoms with van der Waals surface area (Å²) in [6.45, 7) is 7.69. The van der Waals surface area contributed by atoms with E-state index in [1.165, 1.54) is 54.4 Å². The number of rotatable bonds is 7. The Balaban J connectivity index is 1.43. The molecule has 2 bridgehead atoms. The van der Waals surface area contributed by atoms with E-state index in [1.54, 1.807) is 82.5 Å². The molecule has 8 amide bonds. The number of amides is 8. The van der Waals surface area contributed by atoms with Gasteiger partial charge >= 0.3 is 11.9 Å². The predicted molar refractivity (Wildman–Crippen MR) is 284 cm³/mol. The number of aromatic nitrogens is 4. The first-order valence-electron chi connectivity index (χ1n) is 24.7. The van der Waals surface area contributed by atoms with Gasteiger partial charge in [-0.25, -0.2) is 19.6 Å². The van der Waals surface area contributed by atoms with Crippen LogP contribution in [0.3, 0.4) is 0 Å². The van der Waals surface area contributed by atoms with Gasteiger partial charge in [-0.2, -0.15) is 0 Å². The molecule has 2 saturated heterocycles. The number of hydrogen-bond acceptors (Lipinski definition) is 18. The number of ether oxygens (including phenoxy) is 2. The highest BCUT2D eigenvalue weighted by Gasteiger charge is 2.45. The van der Waals surface area contributed by atoms with Gasteiger partial charge in [-0.15, -0.1) is 23.5 Å². The molecule has 4 heterocycles. The van der Waals surface area contributed by atoms with Crippen LogP contribution in [0.15, 0.2) is 60.9 Å². The highest BCUT2D eigenvalue weighted by Crippen LogP contribution is 2.32. The molecular weight excluding hydrogens is 1040 g/mol. The fraction of sp³-hybridized carbons (Fsp3) is 0.490. The van der Waals surface area contributed by atoms with Crippen LogP contribution in [-0.2, 0) is 47.8 Å². The number of carbonyl (C=O) groups excluding carboxylic acids is 10. The minimum atomic E-state index is -1.66. The van der Waals surface area contributed by atoms with Crippen LogP contribution in [0.1, 0.15) is 62.5 Å². The monoisotopic (exact) mass is 1100 g/mol. The molecule has 1 unspecified atom stereocenters. The number of carbonyl (C=O) groups is 10. The summed E-state index contributed by atoms with van der Waals surface area (Å²) in [4.78, 5) is 166. The van der Waals surface area contributed by atoms with E-state index in [9.17, 15) is 38.4 Å². The van der Waals surface area contributed by atoms with Crippen LogP contribution < -0.4 is 21.3 Å². The Morgan fingerprint density at radius 1 is 0.610 bits per heavy atom. The highest BCUT2D eigenvalue weighted by molar-refractivity contribution is 8.16. The molecule has 2 aromatic heterocycles. The van der Waals surface area contributed by atoms with Gasteiger partial charge in [0.2, 0.25) is 35.4 Å². The molecule has 2 aliphatic heterocycles. The Morgan fingerprint density at radius 2 is 1.01 bits per heavy atom. The second-order valence-electron chi connectivity index (χ2n) is 19.3. The zero-order valence-electron chi connectivity index (χ0n) is 44.5. The number of esters is 2. The van der Waals surface area contributed by atoms with Crippen LogP contribution >= 0.6 is 23.5 Å². The Bertz CT molecular complexity index is 2930. The SMILES string of the molecule is CSC1SC[C@H]2C(=O)N(C)[C@@H](C(C)C)C(=O)OC[C@@H](NC(=O)c3cnc4ccccc4n3)C(=O)N[C@@H](C)C(=O)N(C)[C@H]1C(=O)N(C)[C@@H](C(C)C)C(=O)OC[C@@H](NC(=O)c1cnc3ccccc3n1)C(=O)N[C@@H](C)C(=O)N2C. The second kappa shape index (κ2) is 25.6. The van der Waals surface area contributed by atoms with E-state index < -0.39 is 137 Å². The van der Waals surface area contributed by atoms with Crippen LogP contribution in [0.25, 0.3) is 22.1 Å². The molecule has 4 aromatic rings. The normalized spacial score (nSPS) is 25.4. The lowest BCUT2D eigenvalue weighted by Gasteiger charge is -2.40. The summed E-state index contributed by atoms with van der Waals surface area (Å²) < 4.78 is 10.5. The quantitative estimate of drug-likeness (QED) is 0.185. The average molecular weight is 1100 g/mol. The summed E-state index contributed by atoms with van der Waals surface area (Å²) in [6.07, 6.45) is 4.06. The van der Waals surface area contributed by atoms with Gasteiger partial charge in [0, 0.05) is 33.9 Å². The number of nitrogens with one attached hydrogen (secondary N) is 4. The van der Waals surface area contributed by atoms with E-state index in [0.29, 0.717) is 22.1 Å². The van der Waals surface area contributed by atoms with Crippen LogP contribution in [-0.4, -0.2) is 205 Å². The van der Waals surface area contributed by atoms with Crippen molar-refractivity contribution in [2.45, 2.75) is 94.5 Å². The molecule has 0 spiro atoms. The third kappa shape index (κ3) is 13.6. The van der Waals surface area contributed by atoms with E-state index in [0.717, 1.165) is 43.1 Å². The van der Waals surface area contributed by atoms with Crippen molar-refractivity contribution in [2.24, 2.45) is 11.8 Å². The lowest BCUT2D eigenvalue weighted by Crippen LogP contribution is -2.60. The summed E-state index contributed by atoms with van der Waals surface area (Å²) in [5.74, 6) is -10.4. The number of thioether (sulfide) groups is 2. The minimum Gasteiger partial charge on any atom is -0.461 e. The van der Waals surface area contributed by atoms with Crippen molar-refractivity contribution in [2.75, 3.05) is 53.4 Å². The zero-order chi connectivity index (χ0) is 56.6. The molecule has 9 atom stereocenters. The van der Waals surface area contributed by atoms with Gasteiger partial charge in [-0.05, 0) is 56.2 Å². The molecule has 0 saturated carbocycles. The number of benzene rings is 2. The molecule has 412 valence electrons. The largest absolute Gasteiger partial charge is 0.461 e. The van der Waals surface area contributed by atoms with E-state index in [4.69, 9.17) is 9.47 Å². The van der Waals surface area contributed by atoms with Gasteiger partial charge in [0.05, 0.1) is 39.0 Å². The van der Waals surface area contributed by atoms with E-state index in [2.05, 4.69) is 41.2 Å². The number of likely N-dealkylation sites (N-methyl/N-ethyl adjacent to an activating group) is 4. The van der Waals surface area contributed by atoms with Crippen LogP contribution in [0.2, 0.25) is 0 Å². The first kappa shape index (κ1) is 58.8. The van der Waals surface area contributed by atoms with E-state index >= 15 is 9.59 Å². The predicted octanol–water partition coefficient (Wildman–Crippen LogP) is 0.635. The Morgan fingerprint density at radius 3 is 1.43 bits per heavy atom. The Hall–Kier alpha value is -7.48. The van der Waals surface area contributed by atoms with Crippen molar-refractivity contribution >= 4 is 105 Å². The summed E-state index contributed by atoms with van der Waals surface area (Å²) in [7, 11) is 5.32. The van der Waals surface area contributed by atoms with Crippen molar-refractivity contribution in [3.63, 3.8) is 0 Å². The third-order valence-corrected chi connectivity index (χ3v) is 16.0. The average Bonchev–Trinajstić information content (AvgIpc) is 3.40. The molecule has 24 nitrogen and oxygen atoms in total. The Labute approximate surface area is 453 Å². The molecule has 2 fully saturated rings. The van der Waals surface area contributed by atoms with Gasteiger partial charge in [0.1, 0.15) is 72.9 Å². The smallest absolute Gasteiger partial charge is 0.329 e. The first-order valence-corrected chi connectivity index (χ1v) is 27.0. The molecule has 26 heteroatoms.